The largest absolute Gasteiger partial charge is 0.440 e. The van der Waals surface area contributed by atoms with Gasteiger partial charge >= 0.3 is 5.97 Å². The fourth-order valence-corrected chi connectivity index (χ4v) is 2.69. The smallest absolute Gasteiger partial charge is 0.325 e. The minimum atomic E-state index is -1.56. The number of cyclic esters (lactones) is 1. The Balaban J connectivity index is 2.17. The molecule has 0 amide bonds. The lowest BCUT2D eigenvalue weighted by molar-refractivity contribution is -0.142. The van der Waals surface area contributed by atoms with Crippen molar-refractivity contribution in [3.8, 4) is 0 Å². The number of nitrogens with zero attached hydrogens (tertiary/aromatic N) is 1. The van der Waals surface area contributed by atoms with E-state index in [1.165, 1.54) is 0 Å². The van der Waals surface area contributed by atoms with Gasteiger partial charge in [0.1, 0.15) is 6.04 Å². The predicted octanol–water partition coefficient (Wildman–Crippen LogP) is 2.34. The molecule has 86 valence electrons. The summed E-state index contributed by atoms with van der Waals surface area (Å²) in [6.45, 7) is 2.86. The molecule has 0 saturated carbocycles. The van der Waals surface area contributed by atoms with E-state index in [-0.39, 0.29) is 12.0 Å². The fraction of sp³-hybridized carbons (Fsp3) is 0.889. The molecule has 0 radical (unpaired) electrons. The first-order valence-corrected chi connectivity index (χ1v) is 6.06. The fourth-order valence-electron chi connectivity index (χ4n) is 2.18. The highest BCUT2D eigenvalue weighted by atomic mass is 35.6. The summed E-state index contributed by atoms with van der Waals surface area (Å²) in [5, 5.41) is 0. The highest BCUT2D eigenvalue weighted by Crippen LogP contribution is 2.41. The Morgan fingerprint density at radius 1 is 1.47 bits per heavy atom. The van der Waals surface area contributed by atoms with Gasteiger partial charge in [0.05, 0.1) is 0 Å². The Morgan fingerprint density at radius 3 is 2.73 bits per heavy atom. The van der Waals surface area contributed by atoms with E-state index in [1.807, 2.05) is 4.90 Å². The quantitative estimate of drug-likeness (QED) is 0.501. The number of hydrogen-bond acceptors (Lipinski definition) is 3. The Bertz CT molecular complexity index is 279. The number of rotatable bonds is 0. The molecule has 2 rings (SSSR count). The number of fused-ring (bicyclic) bond motifs is 1. The highest BCUT2D eigenvalue weighted by molar-refractivity contribution is 6.68. The van der Waals surface area contributed by atoms with Gasteiger partial charge in [-0.05, 0) is 18.8 Å². The maximum absolute atomic E-state index is 11.6. The Hall–Kier alpha value is 0.300. The van der Waals surface area contributed by atoms with Crippen molar-refractivity contribution in [2.24, 2.45) is 5.92 Å². The molecule has 2 fully saturated rings. The molecule has 2 aliphatic rings. The van der Waals surface area contributed by atoms with E-state index in [1.54, 1.807) is 0 Å². The van der Waals surface area contributed by atoms with E-state index in [0.717, 1.165) is 19.4 Å². The summed E-state index contributed by atoms with van der Waals surface area (Å²) in [5.41, 5.74) is 0. The van der Waals surface area contributed by atoms with Crippen molar-refractivity contribution in [3.63, 3.8) is 0 Å². The van der Waals surface area contributed by atoms with Crippen LogP contribution in [0.25, 0.3) is 0 Å². The molecular formula is C9H12Cl3NO2. The molecule has 0 aromatic carbocycles. The number of esters is 1. The topological polar surface area (TPSA) is 29.5 Å². The lowest BCUT2D eigenvalue weighted by Gasteiger charge is -2.34. The molecule has 0 aromatic heterocycles. The first-order valence-electron chi connectivity index (χ1n) is 4.92. The molecule has 0 aliphatic carbocycles. The summed E-state index contributed by atoms with van der Waals surface area (Å²) in [7, 11) is 0. The van der Waals surface area contributed by atoms with Gasteiger partial charge in [-0.3, -0.25) is 9.69 Å². The van der Waals surface area contributed by atoms with Gasteiger partial charge in [-0.25, -0.2) is 0 Å². The van der Waals surface area contributed by atoms with Crippen LogP contribution in [-0.4, -0.2) is 33.5 Å². The molecule has 0 spiro atoms. The van der Waals surface area contributed by atoms with Crippen molar-refractivity contribution in [3.05, 3.63) is 0 Å². The molecule has 3 unspecified atom stereocenters. The van der Waals surface area contributed by atoms with E-state index < -0.39 is 10.0 Å². The van der Waals surface area contributed by atoms with Gasteiger partial charge in [0.2, 0.25) is 10.0 Å². The Kier molecular flexibility index (Phi) is 3.10. The summed E-state index contributed by atoms with van der Waals surface area (Å²) >= 11 is 17.3. The third kappa shape index (κ3) is 2.21. The number of piperidine rings is 1. The van der Waals surface area contributed by atoms with Crippen LogP contribution in [0.15, 0.2) is 0 Å². The lowest BCUT2D eigenvalue weighted by Crippen LogP contribution is -2.48. The molecule has 2 aliphatic heterocycles. The van der Waals surface area contributed by atoms with Crippen molar-refractivity contribution in [2.75, 3.05) is 6.54 Å². The monoisotopic (exact) mass is 271 g/mol. The maximum Gasteiger partial charge on any atom is 0.325 e. The third-order valence-corrected chi connectivity index (χ3v) is 3.55. The highest BCUT2D eigenvalue weighted by Gasteiger charge is 2.52. The molecule has 0 aromatic rings. The molecular weight excluding hydrogens is 260 g/mol. The number of alkyl halides is 3. The molecule has 3 nitrogen and oxygen atoms in total. The van der Waals surface area contributed by atoms with Crippen LogP contribution in [-0.2, 0) is 9.53 Å². The van der Waals surface area contributed by atoms with Gasteiger partial charge in [-0.15, -0.1) is 0 Å². The Morgan fingerprint density at radius 2 is 2.13 bits per heavy atom. The second kappa shape index (κ2) is 3.95. The van der Waals surface area contributed by atoms with Crippen molar-refractivity contribution < 1.29 is 9.53 Å². The number of ether oxygens (including phenoxy) is 1. The number of carbonyl (C=O) groups is 1. The van der Waals surface area contributed by atoms with Gasteiger partial charge < -0.3 is 4.74 Å². The predicted molar refractivity (Wildman–Crippen MR) is 59.1 cm³/mol. The van der Waals surface area contributed by atoms with Gasteiger partial charge in [-0.2, -0.15) is 0 Å². The van der Waals surface area contributed by atoms with Crippen molar-refractivity contribution in [1.29, 1.82) is 0 Å². The molecule has 3 atom stereocenters. The summed E-state index contributed by atoms with van der Waals surface area (Å²) in [6, 6.07) is -0.227. The average molecular weight is 273 g/mol. The Labute approximate surface area is 104 Å². The van der Waals surface area contributed by atoms with Gasteiger partial charge in [0.15, 0.2) is 0 Å². The molecule has 2 saturated heterocycles. The summed E-state index contributed by atoms with van der Waals surface area (Å²) in [5.74, 6) is 0.255. The molecule has 0 N–H and O–H groups in total. The SMILES string of the molecule is CC1CCN2C(C1)C(=O)OC2C(Cl)(Cl)Cl. The minimum Gasteiger partial charge on any atom is -0.440 e. The summed E-state index contributed by atoms with van der Waals surface area (Å²) in [6.07, 6.45) is 1.06. The van der Waals surface area contributed by atoms with E-state index in [4.69, 9.17) is 39.5 Å². The lowest BCUT2D eigenvalue weighted by atomic mass is 9.93. The summed E-state index contributed by atoms with van der Waals surface area (Å²) in [4.78, 5) is 13.4. The van der Waals surface area contributed by atoms with Crippen LogP contribution in [0, 0.1) is 5.92 Å². The number of hydrogen-bond donors (Lipinski definition) is 0. The molecule has 15 heavy (non-hydrogen) atoms. The van der Waals surface area contributed by atoms with Crippen LogP contribution in [0.5, 0.6) is 0 Å². The minimum absolute atomic E-state index is 0.227. The first-order chi connectivity index (χ1) is 6.89. The van der Waals surface area contributed by atoms with Crippen molar-refractivity contribution in [1.82, 2.24) is 4.90 Å². The van der Waals surface area contributed by atoms with Gasteiger partial charge in [0.25, 0.3) is 0 Å². The normalized spacial score (nSPS) is 37.6. The standard InChI is InChI=1S/C9H12Cl3NO2/c1-5-2-3-13-6(4-5)7(14)15-8(13)9(10,11)12/h5-6,8H,2-4H2,1H3. The van der Waals surface area contributed by atoms with Crippen molar-refractivity contribution in [2.45, 2.75) is 35.8 Å². The van der Waals surface area contributed by atoms with Gasteiger partial charge in [0, 0.05) is 6.54 Å². The van der Waals surface area contributed by atoms with E-state index in [2.05, 4.69) is 6.92 Å². The van der Waals surface area contributed by atoms with Crippen molar-refractivity contribution >= 4 is 40.8 Å². The summed E-state index contributed by atoms with van der Waals surface area (Å²) < 4.78 is 3.55. The number of halogens is 3. The average Bonchev–Trinajstić information content (AvgIpc) is 2.43. The van der Waals surface area contributed by atoms with E-state index in [0.29, 0.717) is 5.92 Å². The maximum atomic E-state index is 11.6. The first kappa shape index (κ1) is 11.8. The molecule has 2 heterocycles. The van der Waals surface area contributed by atoms with E-state index >= 15 is 0 Å². The molecule has 6 heteroatoms. The zero-order chi connectivity index (χ0) is 11.2. The third-order valence-electron chi connectivity index (χ3n) is 2.99. The van der Waals surface area contributed by atoms with Crippen LogP contribution < -0.4 is 0 Å². The molecule has 0 bridgehead atoms. The zero-order valence-electron chi connectivity index (χ0n) is 8.25. The van der Waals surface area contributed by atoms with Crippen LogP contribution >= 0.6 is 34.8 Å². The van der Waals surface area contributed by atoms with Crippen LogP contribution in [0.3, 0.4) is 0 Å². The van der Waals surface area contributed by atoms with Crippen LogP contribution in [0.2, 0.25) is 0 Å². The van der Waals surface area contributed by atoms with E-state index in [9.17, 15) is 4.79 Å². The number of carbonyl (C=O) groups excluding carboxylic acids is 1. The van der Waals surface area contributed by atoms with Crippen LogP contribution in [0.1, 0.15) is 19.8 Å². The zero-order valence-corrected chi connectivity index (χ0v) is 10.5. The second-order valence-corrected chi connectivity index (χ2v) is 6.58. The van der Waals surface area contributed by atoms with Gasteiger partial charge in [-0.1, -0.05) is 41.7 Å². The second-order valence-electron chi connectivity index (χ2n) is 4.21. The van der Waals surface area contributed by atoms with Crippen LogP contribution in [0.4, 0.5) is 0 Å².